The molecule has 3 N–H and O–H groups in total. The molecule has 1 atom stereocenters. The average Bonchev–Trinajstić information content (AvgIpc) is 2.04. The number of hydrogen-bond acceptors (Lipinski definition) is 2. The minimum Gasteiger partial charge on any atom is -0.395 e. The molecule has 0 rings (SSSR count). The topological polar surface area (TPSA) is 46.2 Å². The Morgan fingerprint density at radius 1 is 1.17 bits per heavy atom. The van der Waals surface area contributed by atoms with E-state index in [1.165, 1.54) is 32.1 Å². The first kappa shape index (κ1) is 14.7. The summed E-state index contributed by atoms with van der Waals surface area (Å²) in [7, 11) is 0. The zero-order chi connectivity index (χ0) is 8.53. The van der Waals surface area contributed by atoms with Crippen molar-refractivity contribution in [1.29, 1.82) is 0 Å². The molecule has 3 heteroatoms. The summed E-state index contributed by atoms with van der Waals surface area (Å²) < 4.78 is 0. The monoisotopic (exact) mass is 195 g/mol. The molecule has 76 valence electrons. The lowest BCUT2D eigenvalue weighted by Gasteiger charge is -2.06. The van der Waals surface area contributed by atoms with E-state index < -0.39 is 0 Å². The molecule has 0 aromatic heterocycles. The minimum absolute atomic E-state index is 0. The first-order chi connectivity index (χ1) is 5.31. The zero-order valence-corrected chi connectivity index (χ0v) is 8.78. The Labute approximate surface area is 81.9 Å². The molecule has 0 radical (unpaired) electrons. The number of rotatable bonds is 7. The lowest BCUT2D eigenvalue weighted by atomic mass is 10.1. The molecule has 0 amide bonds. The van der Waals surface area contributed by atoms with Crippen molar-refractivity contribution in [2.24, 2.45) is 5.73 Å². The Bertz CT molecular complexity index is 80.9. The lowest BCUT2D eigenvalue weighted by molar-refractivity contribution is 0.257. The van der Waals surface area contributed by atoms with Gasteiger partial charge in [-0.05, 0) is 6.42 Å². The Hall–Kier alpha value is 0.210. The van der Waals surface area contributed by atoms with Gasteiger partial charge in [0, 0.05) is 6.04 Å². The van der Waals surface area contributed by atoms with Crippen LogP contribution in [0.2, 0.25) is 0 Å². The van der Waals surface area contributed by atoms with Crippen molar-refractivity contribution in [3.05, 3.63) is 0 Å². The van der Waals surface area contributed by atoms with Crippen molar-refractivity contribution in [1.82, 2.24) is 0 Å². The van der Waals surface area contributed by atoms with E-state index in [-0.39, 0.29) is 25.1 Å². The van der Waals surface area contributed by atoms with Gasteiger partial charge in [-0.25, -0.2) is 0 Å². The second kappa shape index (κ2) is 11.2. The molecule has 0 aliphatic heterocycles. The third-order valence-corrected chi connectivity index (χ3v) is 1.91. The van der Waals surface area contributed by atoms with Crippen molar-refractivity contribution in [3.8, 4) is 0 Å². The second-order valence-electron chi connectivity index (χ2n) is 3.15. The normalized spacial score (nSPS) is 12.2. The van der Waals surface area contributed by atoms with Gasteiger partial charge < -0.3 is 10.8 Å². The predicted molar refractivity (Wildman–Crippen MR) is 55.7 cm³/mol. The second-order valence-corrected chi connectivity index (χ2v) is 3.15. The van der Waals surface area contributed by atoms with Gasteiger partial charge in [0.05, 0.1) is 6.61 Å². The fraction of sp³-hybridized carbons (Fsp3) is 1.00. The Morgan fingerprint density at radius 2 is 1.75 bits per heavy atom. The highest BCUT2D eigenvalue weighted by Crippen LogP contribution is 2.05. The predicted octanol–water partition coefficient (Wildman–Crippen LogP) is 2.09. The summed E-state index contributed by atoms with van der Waals surface area (Å²) in [6.45, 7) is 2.34. The van der Waals surface area contributed by atoms with Crippen molar-refractivity contribution in [2.45, 2.75) is 51.5 Å². The summed E-state index contributed by atoms with van der Waals surface area (Å²) in [5, 5.41) is 8.61. The molecule has 0 aromatic rings. The molecule has 0 heterocycles. The summed E-state index contributed by atoms with van der Waals surface area (Å²) in [5.74, 6) is 0. The molecular weight excluding hydrogens is 174 g/mol. The van der Waals surface area contributed by atoms with Crippen LogP contribution in [0.15, 0.2) is 0 Å². The highest BCUT2D eigenvalue weighted by atomic mass is 35.5. The fourth-order valence-corrected chi connectivity index (χ4v) is 1.10. The van der Waals surface area contributed by atoms with Gasteiger partial charge in [-0.15, -0.1) is 12.4 Å². The van der Waals surface area contributed by atoms with Crippen molar-refractivity contribution >= 4 is 12.4 Å². The molecule has 2 nitrogen and oxygen atoms in total. The van der Waals surface area contributed by atoms with Gasteiger partial charge in [-0.2, -0.15) is 0 Å². The summed E-state index contributed by atoms with van der Waals surface area (Å²) in [4.78, 5) is 0. The molecule has 0 fully saturated rings. The van der Waals surface area contributed by atoms with Gasteiger partial charge in [0.2, 0.25) is 0 Å². The third kappa shape index (κ3) is 10.2. The van der Waals surface area contributed by atoms with Crippen LogP contribution >= 0.6 is 12.4 Å². The summed E-state index contributed by atoms with van der Waals surface area (Å²) in [6, 6.07) is 0.0108. The van der Waals surface area contributed by atoms with Crippen molar-refractivity contribution in [3.63, 3.8) is 0 Å². The third-order valence-electron chi connectivity index (χ3n) is 1.91. The van der Waals surface area contributed by atoms with Crippen LogP contribution < -0.4 is 5.73 Å². The first-order valence-corrected chi connectivity index (χ1v) is 4.67. The largest absolute Gasteiger partial charge is 0.395 e. The average molecular weight is 196 g/mol. The van der Waals surface area contributed by atoms with Gasteiger partial charge in [0.1, 0.15) is 0 Å². The Morgan fingerprint density at radius 3 is 2.25 bits per heavy atom. The van der Waals surface area contributed by atoms with Gasteiger partial charge in [0.15, 0.2) is 0 Å². The van der Waals surface area contributed by atoms with Crippen LogP contribution in [0.5, 0.6) is 0 Å². The van der Waals surface area contributed by atoms with Crippen molar-refractivity contribution < 1.29 is 5.11 Å². The molecule has 0 aliphatic carbocycles. The molecule has 12 heavy (non-hydrogen) atoms. The maximum Gasteiger partial charge on any atom is 0.0582 e. The van der Waals surface area contributed by atoms with E-state index in [2.05, 4.69) is 6.92 Å². The van der Waals surface area contributed by atoms with Gasteiger partial charge in [0.25, 0.3) is 0 Å². The van der Waals surface area contributed by atoms with Crippen LogP contribution in [0.3, 0.4) is 0 Å². The maximum atomic E-state index is 8.61. The molecule has 1 unspecified atom stereocenters. The van der Waals surface area contributed by atoms with E-state index in [9.17, 15) is 0 Å². The summed E-state index contributed by atoms with van der Waals surface area (Å²) in [6.07, 6.45) is 7.33. The van der Waals surface area contributed by atoms with Gasteiger partial charge >= 0.3 is 0 Å². The maximum absolute atomic E-state index is 8.61. The van der Waals surface area contributed by atoms with E-state index in [0.29, 0.717) is 0 Å². The number of aliphatic hydroxyl groups is 1. The highest BCUT2D eigenvalue weighted by Gasteiger charge is 1.98. The summed E-state index contributed by atoms with van der Waals surface area (Å²) >= 11 is 0. The van der Waals surface area contributed by atoms with E-state index in [1.54, 1.807) is 0 Å². The minimum atomic E-state index is 0. The number of unbranched alkanes of at least 4 members (excludes halogenated alkanes) is 4. The van der Waals surface area contributed by atoms with Crippen LogP contribution in [0.1, 0.15) is 45.4 Å². The molecule has 0 aromatic carbocycles. The van der Waals surface area contributed by atoms with E-state index in [0.717, 1.165) is 6.42 Å². The number of nitrogens with two attached hydrogens (primary N) is 1. The molecule has 0 saturated heterocycles. The van der Waals surface area contributed by atoms with E-state index in [1.807, 2.05) is 0 Å². The van der Waals surface area contributed by atoms with Crippen LogP contribution in [-0.4, -0.2) is 17.8 Å². The molecule has 0 aliphatic rings. The molecule has 0 spiro atoms. The number of halogens is 1. The van der Waals surface area contributed by atoms with Gasteiger partial charge in [-0.1, -0.05) is 39.0 Å². The number of hydrogen-bond donors (Lipinski definition) is 2. The molecule has 0 saturated carbocycles. The zero-order valence-electron chi connectivity index (χ0n) is 7.96. The van der Waals surface area contributed by atoms with Crippen LogP contribution in [0.25, 0.3) is 0 Å². The smallest absolute Gasteiger partial charge is 0.0582 e. The van der Waals surface area contributed by atoms with Crippen LogP contribution in [0, 0.1) is 0 Å². The quantitative estimate of drug-likeness (QED) is 0.612. The molecular formula is C9H22ClNO. The summed E-state index contributed by atoms with van der Waals surface area (Å²) in [5.41, 5.74) is 5.54. The van der Waals surface area contributed by atoms with Gasteiger partial charge in [-0.3, -0.25) is 0 Å². The SMILES string of the molecule is CCCCCCCC(N)CO.Cl. The van der Waals surface area contributed by atoms with E-state index in [4.69, 9.17) is 10.8 Å². The lowest BCUT2D eigenvalue weighted by Crippen LogP contribution is -2.23. The van der Waals surface area contributed by atoms with Crippen LogP contribution in [0.4, 0.5) is 0 Å². The van der Waals surface area contributed by atoms with Crippen LogP contribution in [-0.2, 0) is 0 Å². The first-order valence-electron chi connectivity index (χ1n) is 4.67. The Balaban J connectivity index is 0. The highest BCUT2D eigenvalue weighted by molar-refractivity contribution is 5.85. The standard InChI is InChI=1S/C9H21NO.ClH/c1-2-3-4-5-6-7-9(10)8-11;/h9,11H,2-8,10H2,1H3;1H. The molecule has 0 bridgehead atoms. The number of aliphatic hydroxyl groups excluding tert-OH is 1. The van der Waals surface area contributed by atoms with E-state index >= 15 is 0 Å². The van der Waals surface area contributed by atoms with Crippen molar-refractivity contribution in [2.75, 3.05) is 6.61 Å². The Kier molecular flexibility index (Phi) is 13.7. The fourth-order valence-electron chi connectivity index (χ4n) is 1.10.